The summed E-state index contributed by atoms with van der Waals surface area (Å²) in [6.07, 6.45) is 1.71. The molecule has 2 aromatic carbocycles. The van der Waals surface area contributed by atoms with Crippen molar-refractivity contribution in [1.82, 2.24) is 15.3 Å². The third-order valence-electron chi connectivity index (χ3n) is 4.32. The zero-order chi connectivity index (χ0) is 20.1. The van der Waals surface area contributed by atoms with Gasteiger partial charge in [-0.1, -0.05) is 42.5 Å². The number of aromatic nitrogens is 2. The Morgan fingerprint density at radius 3 is 2.62 bits per heavy atom. The smallest absolute Gasteiger partial charge is 0.278 e. The fourth-order valence-electron chi connectivity index (χ4n) is 2.90. The molecule has 146 valence electrons. The number of hydrogen-bond acceptors (Lipinski definition) is 5. The Morgan fingerprint density at radius 2 is 1.86 bits per heavy atom. The predicted octanol–water partition coefficient (Wildman–Crippen LogP) is 4.47. The second-order valence-electron chi connectivity index (χ2n) is 6.18. The van der Waals surface area contributed by atoms with E-state index < -0.39 is 0 Å². The van der Waals surface area contributed by atoms with E-state index in [1.165, 1.54) is 11.3 Å². The standard InChI is InChI=1S/C22H19N3O3S/c1-27-19-11-6-5-8-16(19)15-28-24-22(26)18-14-25(17-9-3-2-4-10-17)23-21(18)20-12-7-13-29-20/h2-14H,15H2,1H3,(H,24,26). The SMILES string of the molecule is COc1ccccc1CONC(=O)c1cn(-c2ccccc2)nc1-c1cccs1. The summed E-state index contributed by atoms with van der Waals surface area (Å²) in [6.45, 7) is 0.191. The maximum absolute atomic E-state index is 12.8. The van der Waals surface area contributed by atoms with Crippen LogP contribution in [0.3, 0.4) is 0 Å². The molecule has 0 unspecified atom stereocenters. The Labute approximate surface area is 172 Å². The van der Waals surface area contributed by atoms with Crippen LogP contribution >= 0.6 is 11.3 Å². The normalized spacial score (nSPS) is 10.7. The maximum atomic E-state index is 12.8. The van der Waals surface area contributed by atoms with Crippen LogP contribution in [0, 0.1) is 0 Å². The van der Waals surface area contributed by atoms with Gasteiger partial charge in [-0.05, 0) is 29.6 Å². The molecule has 1 amide bonds. The van der Waals surface area contributed by atoms with E-state index in [1.807, 2.05) is 72.1 Å². The molecular formula is C22H19N3O3S. The van der Waals surface area contributed by atoms with Crippen molar-refractivity contribution in [2.45, 2.75) is 6.61 Å². The van der Waals surface area contributed by atoms with Gasteiger partial charge in [0.25, 0.3) is 5.91 Å². The number of methoxy groups -OCH3 is 1. The minimum Gasteiger partial charge on any atom is -0.496 e. The Balaban J connectivity index is 1.55. The van der Waals surface area contributed by atoms with Crippen LogP contribution in [-0.2, 0) is 11.4 Å². The number of carbonyl (C=O) groups is 1. The summed E-state index contributed by atoms with van der Waals surface area (Å²) in [4.78, 5) is 19.2. The number of rotatable bonds is 7. The fourth-order valence-corrected chi connectivity index (χ4v) is 3.63. The highest BCUT2D eigenvalue weighted by Gasteiger charge is 2.19. The molecule has 0 aliphatic rings. The molecule has 4 rings (SSSR count). The summed E-state index contributed by atoms with van der Waals surface area (Å²) in [5, 5.41) is 6.58. The fraction of sp³-hybridized carbons (Fsp3) is 0.0909. The molecule has 2 heterocycles. The van der Waals surface area contributed by atoms with Crippen molar-refractivity contribution in [3.63, 3.8) is 0 Å². The summed E-state index contributed by atoms with van der Waals surface area (Å²) >= 11 is 1.53. The summed E-state index contributed by atoms with van der Waals surface area (Å²) in [5.74, 6) is 0.350. The molecule has 4 aromatic rings. The molecule has 0 saturated carbocycles. The van der Waals surface area contributed by atoms with Crippen LogP contribution in [0.15, 0.2) is 78.3 Å². The Bertz CT molecular complexity index is 1090. The number of amides is 1. The van der Waals surface area contributed by atoms with Gasteiger partial charge in [0.15, 0.2) is 0 Å². The van der Waals surface area contributed by atoms with Crippen molar-refractivity contribution < 1.29 is 14.4 Å². The van der Waals surface area contributed by atoms with Crippen molar-refractivity contribution >= 4 is 17.2 Å². The molecule has 0 aliphatic carbocycles. The van der Waals surface area contributed by atoms with E-state index in [4.69, 9.17) is 9.57 Å². The molecule has 0 saturated heterocycles. The number of thiophene rings is 1. The van der Waals surface area contributed by atoms with Gasteiger partial charge in [-0.25, -0.2) is 10.2 Å². The quantitative estimate of drug-likeness (QED) is 0.461. The van der Waals surface area contributed by atoms with E-state index in [-0.39, 0.29) is 12.5 Å². The van der Waals surface area contributed by atoms with Crippen LogP contribution in [0.1, 0.15) is 15.9 Å². The highest BCUT2D eigenvalue weighted by Crippen LogP contribution is 2.28. The number of nitrogens with zero attached hydrogens (tertiary/aromatic N) is 2. The van der Waals surface area contributed by atoms with Gasteiger partial charge in [0, 0.05) is 11.8 Å². The van der Waals surface area contributed by atoms with Crippen molar-refractivity contribution in [1.29, 1.82) is 0 Å². The Kier molecular flexibility index (Phi) is 5.69. The highest BCUT2D eigenvalue weighted by atomic mass is 32.1. The van der Waals surface area contributed by atoms with Crippen LogP contribution in [0.4, 0.5) is 0 Å². The lowest BCUT2D eigenvalue weighted by molar-refractivity contribution is 0.0227. The van der Waals surface area contributed by atoms with Gasteiger partial charge in [-0.3, -0.25) is 9.63 Å². The average molecular weight is 405 g/mol. The first-order valence-electron chi connectivity index (χ1n) is 8.99. The van der Waals surface area contributed by atoms with Gasteiger partial charge in [-0.15, -0.1) is 11.3 Å². The number of nitrogens with one attached hydrogen (secondary N) is 1. The van der Waals surface area contributed by atoms with E-state index in [2.05, 4.69) is 10.6 Å². The minimum atomic E-state index is -0.356. The second kappa shape index (κ2) is 8.72. The molecule has 0 aliphatic heterocycles. The van der Waals surface area contributed by atoms with Crippen LogP contribution in [0.2, 0.25) is 0 Å². The van der Waals surface area contributed by atoms with Crippen molar-refractivity contribution in [3.05, 3.63) is 89.4 Å². The van der Waals surface area contributed by atoms with Gasteiger partial charge >= 0.3 is 0 Å². The topological polar surface area (TPSA) is 65.4 Å². The van der Waals surface area contributed by atoms with E-state index in [0.717, 1.165) is 16.1 Å². The lowest BCUT2D eigenvalue weighted by atomic mass is 10.2. The number of benzene rings is 2. The number of hydrogen-bond donors (Lipinski definition) is 1. The van der Waals surface area contributed by atoms with Crippen molar-refractivity contribution in [3.8, 4) is 22.0 Å². The predicted molar refractivity (Wildman–Crippen MR) is 112 cm³/mol. The molecule has 6 nitrogen and oxygen atoms in total. The lowest BCUT2D eigenvalue weighted by Crippen LogP contribution is -2.23. The number of carbonyl (C=O) groups excluding carboxylic acids is 1. The summed E-state index contributed by atoms with van der Waals surface area (Å²) in [6, 6.07) is 21.0. The van der Waals surface area contributed by atoms with Crippen LogP contribution < -0.4 is 10.2 Å². The molecule has 0 radical (unpaired) electrons. The van der Waals surface area contributed by atoms with E-state index in [0.29, 0.717) is 17.0 Å². The third-order valence-corrected chi connectivity index (χ3v) is 5.20. The first-order valence-corrected chi connectivity index (χ1v) is 9.87. The number of hydroxylamine groups is 1. The molecule has 29 heavy (non-hydrogen) atoms. The highest BCUT2D eigenvalue weighted by molar-refractivity contribution is 7.13. The molecule has 2 aromatic heterocycles. The summed E-state index contributed by atoms with van der Waals surface area (Å²) < 4.78 is 7.00. The second-order valence-corrected chi connectivity index (χ2v) is 7.13. The van der Waals surface area contributed by atoms with Crippen molar-refractivity contribution in [2.24, 2.45) is 0 Å². The molecule has 1 N–H and O–H groups in total. The Hall–Kier alpha value is -3.42. The van der Waals surface area contributed by atoms with Gasteiger partial charge in [0.05, 0.1) is 23.2 Å². The molecule has 0 fully saturated rings. The van der Waals surface area contributed by atoms with Crippen LogP contribution in [0.5, 0.6) is 5.75 Å². The Morgan fingerprint density at radius 1 is 1.07 bits per heavy atom. The van der Waals surface area contributed by atoms with Crippen LogP contribution in [0.25, 0.3) is 16.3 Å². The maximum Gasteiger partial charge on any atom is 0.278 e. The first kappa shape index (κ1) is 18.9. The minimum absolute atomic E-state index is 0.191. The molecule has 7 heteroatoms. The summed E-state index contributed by atoms with van der Waals surface area (Å²) in [7, 11) is 1.60. The molecule has 0 spiro atoms. The zero-order valence-corrected chi connectivity index (χ0v) is 16.6. The molecule has 0 atom stereocenters. The lowest BCUT2D eigenvalue weighted by Gasteiger charge is -2.09. The van der Waals surface area contributed by atoms with Crippen molar-refractivity contribution in [2.75, 3.05) is 7.11 Å². The number of para-hydroxylation sites is 2. The molecular weight excluding hydrogens is 386 g/mol. The van der Waals surface area contributed by atoms with E-state index in [1.54, 1.807) is 18.0 Å². The van der Waals surface area contributed by atoms with Gasteiger partial charge in [0.2, 0.25) is 0 Å². The monoisotopic (exact) mass is 405 g/mol. The molecule has 0 bridgehead atoms. The van der Waals surface area contributed by atoms with Gasteiger partial charge in [0.1, 0.15) is 18.1 Å². The van der Waals surface area contributed by atoms with E-state index in [9.17, 15) is 4.79 Å². The average Bonchev–Trinajstić information content (AvgIpc) is 3.44. The van der Waals surface area contributed by atoms with Gasteiger partial charge in [-0.2, -0.15) is 5.10 Å². The summed E-state index contributed by atoms with van der Waals surface area (Å²) in [5.41, 5.74) is 5.29. The first-order chi connectivity index (χ1) is 14.3. The number of ether oxygens (including phenoxy) is 1. The largest absolute Gasteiger partial charge is 0.496 e. The van der Waals surface area contributed by atoms with Crippen LogP contribution in [-0.4, -0.2) is 22.8 Å². The third kappa shape index (κ3) is 4.21. The van der Waals surface area contributed by atoms with E-state index >= 15 is 0 Å². The zero-order valence-electron chi connectivity index (χ0n) is 15.7. The van der Waals surface area contributed by atoms with Gasteiger partial charge < -0.3 is 4.74 Å².